The third kappa shape index (κ3) is 5.68. The summed E-state index contributed by atoms with van der Waals surface area (Å²) in [5.74, 6) is 0.596. The molecule has 0 N–H and O–H groups in total. The summed E-state index contributed by atoms with van der Waals surface area (Å²) in [5.41, 5.74) is 17.3. The third-order valence-electron chi connectivity index (χ3n) is 12.3. The number of hydrogen-bond acceptors (Lipinski definition) is 1. The van der Waals surface area contributed by atoms with Crippen LogP contribution in [0.1, 0.15) is 35.4 Å². The SMILES string of the molecule is CC(c1cc(-c2ccccc2)nc(-c2ccccc2)c1)C1Cc2ccc(-c3ccc4c(c3)c3ccccc3n4-c3cccc4ccccc34)cc2-c2ccccc21. The Hall–Kier alpha value is -7.03. The summed E-state index contributed by atoms with van der Waals surface area (Å²) in [6.45, 7) is 2.41. The number of rotatable bonds is 6. The molecule has 10 aromatic rings. The number of para-hydroxylation sites is 1. The second-order valence-corrected chi connectivity index (χ2v) is 15.5. The molecule has 2 heterocycles. The zero-order chi connectivity index (χ0) is 37.9. The number of hydrogen-bond donors (Lipinski definition) is 0. The van der Waals surface area contributed by atoms with Crippen LogP contribution in [0.4, 0.5) is 0 Å². The zero-order valence-electron chi connectivity index (χ0n) is 31.8. The maximum absolute atomic E-state index is 5.18. The summed E-state index contributed by atoms with van der Waals surface area (Å²) in [6, 6.07) is 73.2. The standard InChI is InChI=1S/C55H40N2/c1-36(43-34-51(38-16-4-2-5-17-38)56-52(35-43)39-18-6-3-7-19-39)48-33-42-28-27-40(31-49(42)46-23-11-10-22-45(46)48)41-29-30-55-50(32-41)47-24-12-13-25-54(47)57(55)53-26-14-20-37-15-8-9-21-44(37)53/h2-32,34-36,48H,33H2,1H3. The van der Waals surface area contributed by atoms with E-state index in [0.29, 0.717) is 5.92 Å². The molecular formula is C55H40N2. The fourth-order valence-corrected chi connectivity index (χ4v) is 9.42. The average Bonchev–Trinajstić information content (AvgIpc) is 3.62. The number of fused-ring (bicyclic) bond motifs is 7. The van der Waals surface area contributed by atoms with Gasteiger partial charge in [-0.25, -0.2) is 4.98 Å². The first-order chi connectivity index (χ1) is 28.2. The second-order valence-electron chi connectivity index (χ2n) is 15.5. The van der Waals surface area contributed by atoms with Gasteiger partial charge in [0.2, 0.25) is 0 Å². The molecule has 0 aliphatic heterocycles. The van der Waals surface area contributed by atoms with Gasteiger partial charge < -0.3 is 4.57 Å². The second kappa shape index (κ2) is 13.6. The lowest BCUT2D eigenvalue weighted by Crippen LogP contribution is -2.17. The van der Waals surface area contributed by atoms with E-state index in [1.807, 2.05) is 0 Å². The smallest absolute Gasteiger partial charge is 0.0712 e. The Morgan fingerprint density at radius 3 is 1.88 bits per heavy atom. The van der Waals surface area contributed by atoms with Crippen LogP contribution in [0.3, 0.4) is 0 Å². The van der Waals surface area contributed by atoms with Gasteiger partial charge in [0.15, 0.2) is 0 Å². The number of pyridine rings is 1. The fraction of sp³-hybridized carbons (Fsp3) is 0.0727. The van der Waals surface area contributed by atoms with Crippen molar-refractivity contribution in [3.63, 3.8) is 0 Å². The number of nitrogens with zero attached hydrogens (tertiary/aromatic N) is 2. The minimum atomic E-state index is 0.272. The highest BCUT2D eigenvalue weighted by Gasteiger charge is 2.30. The highest BCUT2D eigenvalue weighted by molar-refractivity contribution is 6.11. The van der Waals surface area contributed by atoms with Gasteiger partial charge in [-0.2, -0.15) is 0 Å². The predicted octanol–water partition coefficient (Wildman–Crippen LogP) is 14.4. The molecule has 0 radical (unpaired) electrons. The lowest BCUT2D eigenvalue weighted by molar-refractivity contribution is 0.568. The molecule has 0 amide bonds. The van der Waals surface area contributed by atoms with Crippen molar-refractivity contribution in [3.05, 3.63) is 217 Å². The number of benzene rings is 8. The van der Waals surface area contributed by atoms with Gasteiger partial charge in [-0.3, -0.25) is 0 Å². The summed E-state index contributed by atoms with van der Waals surface area (Å²) in [5, 5.41) is 5.04. The van der Waals surface area contributed by atoms with Crippen molar-refractivity contribution in [1.82, 2.24) is 9.55 Å². The molecule has 2 aromatic heterocycles. The van der Waals surface area contributed by atoms with Crippen molar-refractivity contribution in [2.75, 3.05) is 0 Å². The number of aromatic nitrogens is 2. The van der Waals surface area contributed by atoms with Crippen LogP contribution in [0, 0.1) is 0 Å². The molecule has 2 atom stereocenters. The molecule has 2 nitrogen and oxygen atoms in total. The maximum atomic E-state index is 5.18. The van der Waals surface area contributed by atoms with Gasteiger partial charge in [0.1, 0.15) is 0 Å². The van der Waals surface area contributed by atoms with Gasteiger partial charge in [-0.1, -0.05) is 165 Å². The minimum absolute atomic E-state index is 0.272. The van der Waals surface area contributed by atoms with Crippen LogP contribution >= 0.6 is 0 Å². The van der Waals surface area contributed by atoms with E-state index in [9.17, 15) is 0 Å². The van der Waals surface area contributed by atoms with Gasteiger partial charge >= 0.3 is 0 Å². The first-order valence-corrected chi connectivity index (χ1v) is 20.0. The van der Waals surface area contributed by atoms with Gasteiger partial charge in [0.05, 0.1) is 28.1 Å². The Morgan fingerprint density at radius 1 is 0.474 bits per heavy atom. The van der Waals surface area contributed by atoms with Crippen molar-refractivity contribution < 1.29 is 0 Å². The average molecular weight is 729 g/mol. The van der Waals surface area contributed by atoms with E-state index < -0.39 is 0 Å². The fourth-order valence-electron chi connectivity index (χ4n) is 9.42. The lowest BCUT2D eigenvalue weighted by Gasteiger charge is -2.33. The molecule has 8 aromatic carbocycles. The summed E-state index contributed by atoms with van der Waals surface area (Å²) in [6.07, 6.45) is 0.981. The molecule has 0 saturated carbocycles. The van der Waals surface area contributed by atoms with E-state index in [-0.39, 0.29) is 5.92 Å². The lowest BCUT2D eigenvalue weighted by atomic mass is 9.71. The zero-order valence-corrected chi connectivity index (χ0v) is 31.8. The van der Waals surface area contributed by atoms with Crippen LogP contribution < -0.4 is 0 Å². The van der Waals surface area contributed by atoms with Crippen molar-refractivity contribution >= 4 is 32.6 Å². The largest absolute Gasteiger partial charge is 0.309 e. The Bertz CT molecular complexity index is 3060. The van der Waals surface area contributed by atoms with Gasteiger partial charge in [-0.05, 0) is 105 Å². The van der Waals surface area contributed by atoms with Crippen molar-refractivity contribution in [3.8, 4) is 50.5 Å². The first-order valence-electron chi connectivity index (χ1n) is 20.0. The molecule has 270 valence electrons. The summed E-state index contributed by atoms with van der Waals surface area (Å²) < 4.78 is 2.44. The van der Waals surface area contributed by atoms with Crippen LogP contribution in [-0.4, -0.2) is 9.55 Å². The molecule has 1 aliphatic carbocycles. The van der Waals surface area contributed by atoms with Crippen LogP contribution in [0.25, 0.3) is 83.0 Å². The third-order valence-corrected chi connectivity index (χ3v) is 12.3. The Balaban J connectivity index is 0.991. The van der Waals surface area contributed by atoms with Crippen LogP contribution in [-0.2, 0) is 6.42 Å². The van der Waals surface area contributed by atoms with Crippen molar-refractivity contribution in [2.45, 2.75) is 25.2 Å². The van der Waals surface area contributed by atoms with Gasteiger partial charge in [0, 0.05) is 27.3 Å². The van der Waals surface area contributed by atoms with E-state index >= 15 is 0 Å². The molecule has 1 aliphatic rings. The Morgan fingerprint density at radius 2 is 1.09 bits per heavy atom. The molecule has 2 unspecified atom stereocenters. The molecule has 57 heavy (non-hydrogen) atoms. The summed E-state index contributed by atoms with van der Waals surface area (Å²) in [7, 11) is 0. The normalized spacial score (nSPS) is 14.1. The van der Waals surface area contributed by atoms with Crippen LogP contribution in [0.15, 0.2) is 200 Å². The maximum Gasteiger partial charge on any atom is 0.0712 e. The van der Waals surface area contributed by atoms with E-state index in [0.717, 1.165) is 28.9 Å². The molecule has 0 saturated heterocycles. The minimum Gasteiger partial charge on any atom is -0.309 e. The van der Waals surface area contributed by atoms with E-state index in [2.05, 4.69) is 212 Å². The summed E-state index contributed by atoms with van der Waals surface area (Å²) in [4.78, 5) is 5.18. The summed E-state index contributed by atoms with van der Waals surface area (Å²) >= 11 is 0. The van der Waals surface area contributed by atoms with Crippen molar-refractivity contribution in [1.29, 1.82) is 0 Å². The van der Waals surface area contributed by atoms with E-state index in [1.165, 1.54) is 77.2 Å². The van der Waals surface area contributed by atoms with Gasteiger partial charge in [0.25, 0.3) is 0 Å². The first kappa shape index (κ1) is 33.3. The highest BCUT2D eigenvalue weighted by Crippen LogP contribution is 2.48. The van der Waals surface area contributed by atoms with E-state index in [1.54, 1.807) is 0 Å². The topological polar surface area (TPSA) is 17.8 Å². The quantitative estimate of drug-likeness (QED) is 0.167. The van der Waals surface area contributed by atoms with Crippen LogP contribution in [0.2, 0.25) is 0 Å². The monoisotopic (exact) mass is 728 g/mol. The van der Waals surface area contributed by atoms with E-state index in [4.69, 9.17) is 4.98 Å². The Kier molecular flexibility index (Phi) is 7.96. The predicted molar refractivity (Wildman–Crippen MR) is 239 cm³/mol. The Labute approximate surface area is 333 Å². The molecule has 0 bridgehead atoms. The molecule has 2 heteroatoms. The highest BCUT2D eigenvalue weighted by atomic mass is 15.0. The molecule has 0 fully saturated rings. The molecule has 0 spiro atoms. The van der Waals surface area contributed by atoms with Crippen molar-refractivity contribution in [2.24, 2.45) is 0 Å². The van der Waals surface area contributed by atoms with Gasteiger partial charge in [-0.15, -0.1) is 0 Å². The van der Waals surface area contributed by atoms with Crippen LogP contribution in [0.5, 0.6) is 0 Å². The molecular weight excluding hydrogens is 689 g/mol. The molecule has 11 rings (SSSR count).